The van der Waals surface area contributed by atoms with Gasteiger partial charge in [0.1, 0.15) is 45.3 Å². The van der Waals surface area contributed by atoms with Crippen LogP contribution < -0.4 is 32.9 Å². The summed E-state index contributed by atoms with van der Waals surface area (Å²) in [6.07, 6.45) is 2.89. The molecule has 0 N–H and O–H groups in total. The first-order chi connectivity index (χ1) is 15.2. The fraction of sp³-hybridized carbons (Fsp3) is 0.0385. The van der Waals surface area contributed by atoms with Crippen molar-refractivity contribution in [2.45, 2.75) is 6.16 Å². The van der Waals surface area contributed by atoms with Gasteiger partial charge in [-0.15, -0.1) is 0 Å². The van der Waals surface area contributed by atoms with E-state index in [1.165, 1.54) is 15.9 Å². The summed E-state index contributed by atoms with van der Waals surface area (Å²) < 4.78 is 4.22. The Morgan fingerprint density at radius 1 is 0.656 bits per heavy atom. The van der Waals surface area contributed by atoms with Gasteiger partial charge in [-0.05, 0) is 76.6 Å². The van der Waals surface area contributed by atoms with Crippen LogP contribution in [-0.4, -0.2) is 9.38 Å². The van der Waals surface area contributed by atoms with E-state index in [0.717, 1.165) is 26.6 Å². The summed E-state index contributed by atoms with van der Waals surface area (Å²) >= 11 is 7.46. The van der Waals surface area contributed by atoms with Crippen LogP contribution in [0, 0.1) is 0 Å². The molecular formula is C26H20Br3N2P. The number of nitrogens with zero attached hydrogens (tertiary/aromatic N) is 2. The first-order valence-electron chi connectivity index (χ1n) is 10.1. The van der Waals surface area contributed by atoms with Crippen LogP contribution in [0.5, 0.6) is 0 Å². The highest BCUT2D eigenvalue weighted by atomic mass is 79.9. The molecule has 2 heterocycles. The average molecular weight is 631 g/mol. The molecule has 5 rings (SSSR count). The SMILES string of the molecule is Brc1ccc([P+](Cc2nc3ccccn3c2Br)(c2ccccc2)c2ccccc2)cc1.[Br-]. The van der Waals surface area contributed by atoms with Crippen molar-refractivity contribution in [2.75, 3.05) is 0 Å². The fourth-order valence-electron chi connectivity index (χ4n) is 4.12. The van der Waals surface area contributed by atoms with Crippen molar-refractivity contribution in [1.29, 1.82) is 0 Å². The predicted molar refractivity (Wildman–Crippen MR) is 139 cm³/mol. The summed E-state index contributed by atoms with van der Waals surface area (Å²) in [7, 11) is -2.00. The fourth-order valence-corrected chi connectivity index (χ4v) is 9.26. The summed E-state index contributed by atoms with van der Waals surface area (Å²) in [5.41, 5.74) is 2.04. The number of benzene rings is 3. The summed E-state index contributed by atoms with van der Waals surface area (Å²) in [5.74, 6) is 0. The normalized spacial score (nSPS) is 11.3. The Kier molecular flexibility index (Phi) is 7.31. The average Bonchev–Trinajstić information content (AvgIpc) is 3.14. The maximum atomic E-state index is 5.03. The van der Waals surface area contributed by atoms with Gasteiger partial charge in [0, 0.05) is 10.7 Å². The zero-order chi connectivity index (χ0) is 21.3. The molecule has 0 atom stereocenters. The lowest BCUT2D eigenvalue weighted by Gasteiger charge is -2.27. The van der Waals surface area contributed by atoms with E-state index in [4.69, 9.17) is 4.98 Å². The van der Waals surface area contributed by atoms with E-state index >= 15 is 0 Å². The summed E-state index contributed by atoms with van der Waals surface area (Å²) in [6, 6.07) is 36.8. The molecule has 160 valence electrons. The van der Waals surface area contributed by atoms with E-state index in [1.807, 2.05) is 12.1 Å². The molecule has 0 saturated carbocycles. The minimum Gasteiger partial charge on any atom is -1.00 e. The monoisotopic (exact) mass is 628 g/mol. The lowest BCUT2D eigenvalue weighted by Crippen LogP contribution is -3.00. The first kappa shape index (κ1) is 23.4. The van der Waals surface area contributed by atoms with Crippen LogP contribution in [0.25, 0.3) is 5.65 Å². The molecule has 2 aromatic heterocycles. The van der Waals surface area contributed by atoms with Gasteiger partial charge >= 0.3 is 0 Å². The summed E-state index contributed by atoms with van der Waals surface area (Å²) in [6.45, 7) is 0. The van der Waals surface area contributed by atoms with Crippen molar-refractivity contribution in [3.8, 4) is 0 Å². The number of aromatic nitrogens is 2. The zero-order valence-corrected chi connectivity index (χ0v) is 22.7. The number of hydrogen-bond donors (Lipinski definition) is 0. The first-order valence-corrected chi connectivity index (χ1v) is 13.6. The predicted octanol–water partition coefficient (Wildman–Crippen LogP) is 3.36. The topological polar surface area (TPSA) is 17.3 Å². The van der Waals surface area contributed by atoms with Gasteiger partial charge in [-0.2, -0.15) is 0 Å². The number of halogens is 3. The van der Waals surface area contributed by atoms with E-state index < -0.39 is 7.26 Å². The Hall–Kier alpha value is -1.78. The second-order valence-corrected chi connectivity index (χ2v) is 12.5. The van der Waals surface area contributed by atoms with Gasteiger partial charge in [0.15, 0.2) is 0 Å². The molecular weight excluding hydrogens is 611 g/mol. The lowest BCUT2D eigenvalue weighted by molar-refractivity contribution is -0.00000589. The lowest BCUT2D eigenvalue weighted by atomic mass is 10.3. The van der Waals surface area contributed by atoms with Gasteiger partial charge in [-0.1, -0.05) is 58.4 Å². The number of rotatable bonds is 5. The number of hydrogen-bond acceptors (Lipinski definition) is 1. The van der Waals surface area contributed by atoms with Crippen molar-refractivity contribution in [3.63, 3.8) is 0 Å². The van der Waals surface area contributed by atoms with Crippen LogP contribution in [0.4, 0.5) is 0 Å². The highest BCUT2D eigenvalue weighted by Crippen LogP contribution is 2.58. The Morgan fingerprint density at radius 3 is 1.75 bits per heavy atom. The molecule has 0 radical (unpaired) electrons. The molecule has 0 saturated heterocycles. The largest absolute Gasteiger partial charge is 1.00 e. The van der Waals surface area contributed by atoms with Crippen molar-refractivity contribution in [3.05, 3.63) is 124 Å². The van der Waals surface area contributed by atoms with Crippen LogP contribution in [0.3, 0.4) is 0 Å². The van der Waals surface area contributed by atoms with E-state index in [2.05, 4.69) is 133 Å². The summed E-state index contributed by atoms with van der Waals surface area (Å²) in [4.78, 5) is 5.03. The minimum absolute atomic E-state index is 0. The smallest absolute Gasteiger partial charge is 0.138 e. The Labute approximate surface area is 216 Å². The molecule has 0 aliphatic carbocycles. The Balaban J connectivity index is 0.00000245. The molecule has 0 fully saturated rings. The second-order valence-electron chi connectivity index (χ2n) is 7.39. The molecule has 0 bridgehead atoms. The van der Waals surface area contributed by atoms with Crippen LogP contribution >= 0.6 is 39.1 Å². The molecule has 5 aromatic rings. The van der Waals surface area contributed by atoms with E-state index in [9.17, 15) is 0 Å². The van der Waals surface area contributed by atoms with Crippen LogP contribution in [0.1, 0.15) is 5.69 Å². The molecule has 0 amide bonds. The molecule has 32 heavy (non-hydrogen) atoms. The maximum absolute atomic E-state index is 5.03. The van der Waals surface area contributed by atoms with E-state index in [-0.39, 0.29) is 17.0 Å². The number of imidazole rings is 1. The molecule has 0 aliphatic heterocycles. The van der Waals surface area contributed by atoms with Crippen molar-refractivity contribution < 1.29 is 17.0 Å². The van der Waals surface area contributed by atoms with Crippen LogP contribution in [0.2, 0.25) is 0 Å². The molecule has 2 nitrogen and oxygen atoms in total. The molecule has 0 spiro atoms. The van der Waals surface area contributed by atoms with Gasteiger partial charge in [0.25, 0.3) is 0 Å². The molecule has 6 heteroatoms. The van der Waals surface area contributed by atoms with Crippen molar-refractivity contribution in [2.24, 2.45) is 0 Å². The van der Waals surface area contributed by atoms with Crippen LogP contribution in [-0.2, 0) is 6.16 Å². The highest BCUT2D eigenvalue weighted by molar-refractivity contribution is 9.10. The number of pyridine rings is 1. The van der Waals surface area contributed by atoms with Crippen molar-refractivity contribution in [1.82, 2.24) is 9.38 Å². The third-order valence-corrected chi connectivity index (χ3v) is 11.3. The van der Waals surface area contributed by atoms with Gasteiger partial charge in [-0.25, -0.2) is 4.98 Å². The summed E-state index contributed by atoms with van der Waals surface area (Å²) in [5, 5.41) is 4.05. The molecule has 0 aliphatic rings. The van der Waals surface area contributed by atoms with Crippen LogP contribution in [0.15, 0.2) is 118 Å². The van der Waals surface area contributed by atoms with Gasteiger partial charge < -0.3 is 17.0 Å². The van der Waals surface area contributed by atoms with Gasteiger partial charge in [0.05, 0.1) is 0 Å². The Bertz CT molecular complexity index is 1280. The molecule has 3 aromatic carbocycles. The third-order valence-electron chi connectivity index (χ3n) is 5.59. The number of fused-ring (bicyclic) bond motifs is 1. The van der Waals surface area contributed by atoms with Gasteiger partial charge in [0.2, 0.25) is 0 Å². The third kappa shape index (κ3) is 4.24. The van der Waals surface area contributed by atoms with E-state index in [1.54, 1.807) is 0 Å². The highest BCUT2D eigenvalue weighted by Gasteiger charge is 2.46. The standard InChI is InChI=1S/C26H20Br2N2P.BrH/c27-20-14-16-23(17-15-20)31(21-9-3-1-4-10-21,22-11-5-2-6-12-22)19-24-26(28)30-18-8-7-13-25(30)29-24;/h1-18H,19H2;1H/q+1;/p-1. The minimum atomic E-state index is -2.00. The van der Waals surface area contributed by atoms with Gasteiger partial charge in [-0.3, -0.25) is 4.40 Å². The van der Waals surface area contributed by atoms with E-state index in [0.29, 0.717) is 0 Å². The van der Waals surface area contributed by atoms with Crippen molar-refractivity contribution >= 4 is 60.7 Å². The molecule has 0 unspecified atom stereocenters. The quantitative estimate of drug-likeness (QED) is 0.273. The zero-order valence-electron chi connectivity index (χ0n) is 17.1. The maximum Gasteiger partial charge on any atom is 0.138 e. The Morgan fingerprint density at radius 2 is 1.19 bits per heavy atom. The second kappa shape index (κ2) is 10.0.